The van der Waals surface area contributed by atoms with Crippen LogP contribution in [0.15, 0.2) is 0 Å². The van der Waals surface area contributed by atoms with Crippen LogP contribution in [0.25, 0.3) is 0 Å². The van der Waals surface area contributed by atoms with Crippen molar-refractivity contribution in [1.82, 2.24) is 0 Å². The Kier molecular flexibility index (Phi) is 3.30. The first-order valence-corrected chi connectivity index (χ1v) is 7.78. The zero-order valence-corrected chi connectivity index (χ0v) is 12.4. The lowest BCUT2D eigenvalue weighted by Gasteiger charge is -2.60. The first kappa shape index (κ1) is 13.9. The van der Waals surface area contributed by atoms with Crippen LogP contribution < -0.4 is 0 Å². The summed E-state index contributed by atoms with van der Waals surface area (Å²) in [4.78, 5) is 23.6. The van der Waals surface area contributed by atoms with Gasteiger partial charge in [-0.2, -0.15) is 0 Å². The second kappa shape index (κ2) is 4.74. The van der Waals surface area contributed by atoms with Crippen LogP contribution in [-0.2, 0) is 19.1 Å². The zero-order valence-electron chi connectivity index (χ0n) is 12.4. The third-order valence-electron chi connectivity index (χ3n) is 5.47. The van der Waals surface area contributed by atoms with Crippen molar-refractivity contribution in [2.75, 3.05) is 13.2 Å². The van der Waals surface area contributed by atoms with E-state index < -0.39 is 0 Å². The number of carbonyl (C=O) groups excluding carboxylic acids is 2. The lowest BCUT2D eigenvalue weighted by molar-refractivity contribution is -0.187. The van der Waals surface area contributed by atoms with Crippen molar-refractivity contribution < 1.29 is 19.1 Å². The summed E-state index contributed by atoms with van der Waals surface area (Å²) in [6.45, 7) is 4.26. The Hall–Kier alpha value is -1.06. The summed E-state index contributed by atoms with van der Waals surface area (Å²) in [5.74, 6) is 0.986. The van der Waals surface area contributed by atoms with Crippen LogP contribution in [0.1, 0.15) is 52.4 Å². The molecule has 0 saturated heterocycles. The van der Waals surface area contributed by atoms with Gasteiger partial charge in [0.05, 0.1) is 18.6 Å². The number of hydrogen-bond acceptors (Lipinski definition) is 4. The minimum Gasteiger partial charge on any atom is -0.466 e. The molecule has 4 rings (SSSR count). The monoisotopic (exact) mass is 280 g/mol. The van der Waals surface area contributed by atoms with E-state index in [0.717, 1.165) is 32.1 Å². The highest BCUT2D eigenvalue weighted by Crippen LogP contribution is 2.65. The van der Waals surface area contributed by atoms with Crippen LogP contribution >= 0.6 is 0 Å². The maximum absolute atomic E-state index is 12.4. The molecule has 112 valence electrons. The van der Waals surface area contributed by atoms with Crippen LogP contribution in [0.2, 0.25) is 0 Å². The quantitative estimate of drug-likeness (QED) is 0.743. The maximum atomic E-state index is 12.4. The van der Waals surface area contributed by atoms with Crippen LogP contribution in [0.4, 0.5) is 0 Å². The molecule has 2 unspecified atom stereocenters. The van der Waals surface area contributed by atoms with Gasteiger partial charge in [0, 0.05) is 12.3 Å². The Labute approximate surface area is 120 Å². The first-order chi connectivity index (χ1) is 9.47. The summed E-state index contributed by atoms with van der Waals surface area (Å²) in [6, 6.07) is 0. The topological polar surface area (TPSA) is 52.6 Å². The van der Waals surface area contributed by atoms with Crippen LogP contribution in [-0.4, -0.2) is 25.2 Å². The molecule has 0 aliphatic heterocycles. The van der Waals surface area contributed by atoms with Gasteiger partial charge >= 0.3 is 11.9 Å². The normalized spacial score (nSPS) is 41.5. The Bertz CT molecular complexity index is 414. The Morgan fingerprint density at radius 1 is 1.10 bits per heavy atom. The third kappa shape index (κ3) is 2.23. The molecule has 0 N–H and O–H groups in total. The number of ether oxygens (including phenoxy) is 2. The smallest absolute Gasteiger partial charge is 0.312 e. The molecule has 0 amide bonds. The SMILES string of the molecule is CCOC(=O)C12CC3CC(CC(COC(C)=O)(C3)C1)C2. The van der Waals surface area contributed by atoms with Gasteiger partial charge in [-0.1, -0.05) is 0 Å². The lowest BCUT2D eigenvalue weighted by Crippen LogP contribution is -2.56. The number of rotatable bonds is 4. The van der Waals surface area contributed by atoms with E-state index >= 15 is 0 Å². The zero-order chi connectivity index (χ0) is 14.4. The molecule has 4 fully saturated rings. The number of esters is 2. The van der Waals surface area contributed by atoms with E-state index in [1.807, 2.05) is 6.92 Å². The Morgan fingerprint density at radius 2 is 1.75 bits per heavy atom. The summed E-state index contributed by atoms with van der Waals surface area (Å²) in [5, 5.41) is 0. The van der Waals surface area contributed by atoms with Crippen molar-refractivity contribution in [2.24, 2.45) is 22.7 Å². The molecule has 4 heteroatoms. The molecule has 0 radical (unpaired) electrons. The highest BCUT2D eigenvalue weighted by Gasteiger charge is 2.61. The van der Waals surface area contributed by atoms with Crippen LogP contribution in [0.5, 0.6) is 0 Å². The molecule has 2 atom stereocenters. The molecule has 4 aliphatic carbocycles. The van der Waals surface area contributed by atoms with Gasteiger partial charge in [0.1, 0.15) is 0 Å². The van der Waals surface area contributed by atoms with E-state index in [2.05, 4.69) is 0 Å². The van der Waals surface area contributed by atoms with Gasteiger partial charge in [-0.3, -0.25) is 9.59 Å². The highest BCUT2D eigenvalue weighted by molar-refractivity contribution is 5.77. The van der Waals surface area contributed by atoms with Gasteiger partial charge < -0.3 is 9.47 Å². The summed E-state index contributed by atoms with van der Waals surface area (Å²) < 4.78 is 10.7. The van der Waals surface area contributed by atoms with Gasteiger partial charge in [0.2, 0.25) is 0 Å². The Morgan fingerprint density at radius 3 is 2.30 bits per heavy atom. The molecule has 4 bridgehead atoms. The van der Waals surface area contributed by atoms with E-state index in [0.29, 0.717) is 25.0 Å². The van der Waals surface area contributed by atoms with Gasteiger partial charge in [0.15, 0.2) is 0 Å². The number of hydrogen-bond donors (Lipinski definition) is 0. The van der Waals surface area contributed by atoms with E-state index in [1.54, 1.807) is 0 Å². The van der Waals surface area contributed by atoms with E-state index in [1.165, 1.54) is 13.3 Å². The molecular weight excluding hydrogens is 256 g/mol. The fourth-order valence-electron chi connectivity index (χ4n) is 5.40. The van der Waals surface area contributed by atoms with Crippen molar-refractivity contribution >= 4 is 11.9 Å². The third-order valence-corrected chi connectivity index (χ3v) is 5.47. The molecule has 0 aromatic rings. The molecule has 0 aromatic carbocycles. The minimum atomic E-state index is -0.291. The molecule has 20 heavy (non-hydrogen) atoms. The van der Waals surface area contributed by atoms with Crippen LogP contribution in [0, 0.1) is 22.7 Å². The van der Waals surface area contributed by atoms with Crippen molar-refractivity contribution in [2.45, 2.75) is 52.4 Å². The van der Waals surface area contributed by atoms with Gasteiger partial charge in [-0.25, -0.2) is 0 Å². The summed E-state index contributed by atoms with van der Waals surface area (Å²) in [6.07, 6.45) is 6.26. The van der Waals surface area contributed by atoms with Crippen molar-refractivity contribution in [3.05, 3.63) is 0 Å². The van der Waals surface area contributed by atoms with E-state index in [9.17, 15) is 9.59 Å². The summed E-state index contributed by atoms with van der Waals surface area (Å²) in [7, 11) is 0. The second-order valence-corrected chi connectivity index (χ2v) is 7.24. The highest BCUT2D eigenvalue weighted by atomic mass is 16.5. The van der Waals surface area contributed by atoms with E-state index in [-0.39, 0.29) is 22.8 Å². The van der Waals surface area contributed by atoms with Crippen LogP contribution in [0.3, 0.4) is 0 Å². The Balaban J connectivity index is 1.82. The molecule has 4 nitrogen and oxygen atoms in total. The largest absolute Gasteiger partial charge is 0.466 e. The minimum absolute atomic E-state index is 0.0127. The lowest BCUT2D eigenvalue weighted by atomic mass is 9.44. The standard InChI is InChI=1S/C16H24O4/c1-3-19-14(18)16-7-12-4-13(8-16)6-15(5-12,9-16)10-20-11(2)17/h12-13H,3-10H2,1-2H3. The van der Waals surface area contributed by atoms with Crippen molar-refractivity contribution in [1.29, 1.82) is 0 Å². The second-order valence-electron chi connectivity index (χ2n) is 7.24. The first-order valence-electron chi connectivity index (χ1n) is 7.78. The summed E-state index contributed by atoms with van der Waals surface area (Å²) in [5.41, 5.74) is -0.261. The maximum Gasteiger partial charge on any atom is 0.312 e. The molecule has 4 aliphatic rings. The molecule has 0 heterocycles. The molecule has 0 spiro atoms. The predicted octanol–water partition coefficient (Wildman–Crippen LogP) is 2.70. The average Bonchev–Trinajstić information content (AvgIpc) is 2.35. The van der Waals surface area contributed by atoms with Crippen molar-refractivity contribution in [3.63, 3.8) is 0 Å². The molecule has 4 saturated carbocycles. The van der Waals surface area contributed by atoms with Gasteiger partial charge in [0.25, 0.3) is 0 Å². The average molecular weight is 280 g/mol. The van der Waals surface area contributed by atoms with Gasteiger partial charge in [-0.05, 0) is 57.3 Å². The fraction of sp³-hybridized carbons (Fsp3) is 0.875. The van der Waals surface area contributed by atoms with E-state index in [4.69, 9.17) is 9.47 Å². The predicted molar refractivity (Wildman–Crippen MR) is 72.8 cm³/mol. The fourth-order valence-corrected chi connectivity index (χ4v) is 5.40. The summed E-state index contributed by atoms with van der Waals surface area (Å²) >= 11 is 0. The van der Waals surface area contributed by atoms with Gasteiger partial charge in [-0.15, -0.1) is 0 Å². The molecule has 0 aromatic heterocycles. The van der Waals surface area contributed by atoms with Crippen molar-refractivity contribution in [3.8, 4) is 0 Å². The number of carbonyl (C=O) groups is 2. The molecular formula is C16H24O4.